The summed E-state index contributed by atoms with van der Waals surface area (Å²) in [5.41, 5.74) is 2.97. The molecule has 1 fully saturated rings. The van der Waals surface area contributed by atoms with Crippen LogP contribution in [0, 0.1) is 0 Å². The van der Waals surface area contributed by atoms with Gasteiger partial charge in [-0.1, -0.05) is 6.92 Å². The Morgan fingerprint density at radius 3 is 2.48 bits per heavy atom. The highest BCUT2D eigenvalue weighted by Crippen LogP contribution is 2.29. The van der Waals surface area contributed by atoms with Crippen molar-refractivity contribution in [3.63, 3.8) is 0 Å². The SMILES string of the molecule is CCCn1ccc2cc(NC(=O)c3cc(S(=O)(=O)N(C)C)ccc3N3CCCCC3)ccc21. The van der Waals surface area contributed by atoms with Gasteiger partial charge in [-0.2, -0.15) is 0 Å². The van der Waals surface area contributed by atoms with Gasteiger partial charge >= 0.3 is 0 Å². The van der Waals surface area contributed by atoms with Crippen molar-refractivity contribution in [1.29, 1.82) is 0 Å². The van der Waals surface area contributed by atoms with Crippen LogP contribution in [0.4, 0.5) is 11.4 Å². The average molecular weight is 469 g/mol. The molecule has 0 spiro atoms. The number of hydrogen-bond acceptors (Lipinski definition) is 4. The molecule has 0 radical (unpaired) electrons. The molecule has 4 rings (SSSR count). The number of rotatable bonds is 7. The molecule has 1 aromatic heterocycles. The zero-order chi connectivity index (χ0) is 23.6. The number of benzene rings is 2. The third kappa shape index (κ3) is 4.77. The summed E-state index contributed by atoms with van der Waals surface area (Å²) in [5, 5.41) is 4.05. The zero-order valence-electron chi connectivity index (χ0n) is 19.5. The molecule has 1 saturated heterocycles. The van der Waals surface area contributed by atoms with Crippen molar-refractivity contribution in [2.75, 3.05) is 37.4 Å². The fraction of sp³-hybridized carbons (Fsp3) is 0.400. The summed E-state index contributed by atoms with van der Waals surface area (Å²) < 4.78 is 28.8. The van der Waals surface area contributed by atoms with Crippen molar-refractivity contribution >= 4 is 38.2 Å². The first-order valence-corrected chi connectivity index (χ1v) is 13.0. The quantitative estimate of drug-likeness (QED) is 0.552. The molecule has 0 unspecified atom stereocenters. The van der Waals surface area contributed by atoms with Crippen molar-refractivity contribution in [2.24, 2.45) is 0 Å². The maximum absolute atomic E-state index is 13.4. The second-order valence-electron chi connectivity index (χ2n) is 8.75. The first-order chi connectivity index (χ1) is 15.8. The summed E-state index contributed by atoms with van der Waals surface area (Å²) in [7, 11) is -0.666. The summed E-state index contributed by atoms with van der Waals surface area (Å²) in [5.74, 6) is -0.307. The van der Waals surface area contributed by atoms with E-state index in [0.717, 1.165) is 55.5 Å². The van der Waals surface area contributed by atoms with Crippen molar-refractivity contribution in [3.8, 4) is 0 Å². The van der Waals surface area contributed by atoms with Gasteiger partial charge in [-0.25, -0.2) is 12.7 Å². The molecule has 0 saturated carbocycles. The largest absolute Gasteiger partial charge is 0.371 e. The topological polar surface area (TPSA) is 74.6 Å². The van der Waals surface area contributed by atoms with Crippen LogP contribution < -0.4 is 10.2 Å². The molecule has 8 heteroatoms. The fourth-order valence-corrected chi connectivity index (χ4v) is 5.32. The lowest BCUT2D eigenvalue weighted by atomic mass is 10.1. The Kier molecular flexibility index (Phi) is 6.76. The third-order valence-corrected chi connectivity index (χ3v) is 7.99. The Bertz CT molecular complexity index is 1260. The molecule has 2 heterocycles. The third-order valence-electron chi connectivity index (χ3n) is 6.18. The van der Waals surface area contributed by atoms with Gasteiger partial charge in [-0.15, -0.1) is 0 Å². The van der Waals surface area contributed by atoms with Crippen LogP contribution in [0.3, 0.4) is 0 Å². The van der Waals surface area contributed by atoms with Gasteiger partial charge in [-0.3, -0.25) is 4.79 Å². The van der Waals surface area contributed by atoms with Gasteiger partial charge in [0.25, 0.3) is 5.91 Å². The van der Waals surface area contributed by atoms with Crippen molar-refractivity contribution in [2.45, 2.75) is 44.0 Å². The molecule has 0 aliphatic carbocycles. The van der Waals surface area contributed by atoms with E-state index in [1.165, 1.54) is 30.9 Å². The average Bonchev–Trinajstić information content (AvgIpc) is 3.21. The predicted octanol–water partition coefficient (Wildman–Crippen LogP) is 4.54. The number of aromatic nitrogens is 1. The van der Waals surface area contributed by atoms with E-state index in [4.69, 9.17) is 0 Å². The minimum Gasteiger partial charge on any atom is -0.371 e. The van der Waals surface area contributed by atoms with E-state index in [0.29, 0.717) is 11.3 Å². The van der Waals surface area contributed by atoms with Crippen molar-refractivity contribution in [1.82, 2.24) is 8.87 Å². The number of hydrogen-bond donors (Lipinski definition) is 1. The zero-order valence-corrected chi connectivity index (χ0v) is 20.4. The summed E-state index contributed by atoms with van der Waals surface area (Å²) >= 11 is 0. The maximum Gasteiger partial charge on any atom is 0.257 e. The number of sulfonamides is 1. The van der Waals surface area contributed by atoms with Crippen molar-refractivity contribution < 1.29 is 13.2 Å². The summed E-state index contributed by atoms with van der Waals surface area (Å²) in [4.78, 5) is 15.7. The minimum atomic E-state index is -3.65. The lowest BCUT2D eigenvalue weighted by Gasteiger charge is -2.30. The van der Waals surface area contributed by atoms with Crippen LogP contribution >= 0.6 is 0 Å². The number of piperidine rings is 1. The van der Waals surface area contributed by atoms with E-state index < -0.39 is 10.0 Å². The van der Waals surface area contributed by atoms with Gasteiger partial charge in [0.2, 0.25) is 10.0 Å². The van der Waals surface area contributed by atoms with E-state index in [1.807, 2.05) is 24.3 Å². The second-order valence-corrected chi connectivity index (χ2v) is 10.9. The number of nitrogens with zero attached hydrogens (tertiary/aromatic N) is 3. The van der Waals surface area contributed by atoms with Gasteiger partial charge in [0, 0.05) is 62.2 Å². The number of aryl methyl sites for hydroxylation is 1. The van der Waals surface area contributed by atoms with E-state index >= 15 is 0 Å². The molecule has 1 aliphatic rings. The first kappa shape index (κ1) is 23.3. The van der Waals surface area contributed by atoms with Crippen LogP contribution in [0.5, 0.6) is 0 Å². The molecule has 3 aromatic rings. The lowest BCUT2D eigenvalue weighted by Crippen LogP contribution is -2.32. The van der Waals surface area contributed by atoms with Gasteiger partial charge in [-0.05, 0) is 68.1 Å². The Labute approximate surface area is 196 Å². The molecule has 1 aliphatic heterocycles. The Hall–Kier alpha value is -2.84. The molecule has 0 atom stereocenters. The van der Waals surface area contributed by atoms with Crippen LogP contribution in [-0.4, -0.2) is 50.4 Å². The highest BCUT2D eigenvalue weighted by molar-refractivity contribution is 7.89. The number of carbonyl (C=O) groups is 1. The molecule has 176 valence electrons. The molecule has 1 amide bonds. The summed E-state index contributed by atoms with van der Waals surface area (Å²) in [6.45, 7) is 4.81. The molecular formula is C25H32N4O3S. The number of anilines is 2. The molecule has 2 aromatic carbocycles. The number of amides is 1. The van der Waals surface area contributed by atoms with Gasteiger partial charge in [0.1, 0.15) is 0 Å². The van der Waals surface area contributed by atoms with Crippen LogP contribution in [-0.2, 0) is 16.6 Å². The molecule has 1 N–H and O–H groups in total. The van der Waals surface area contributed by atoms with E-state index in [1.54, 1.807) is 12.1 Å². The number of nitrogens with one attached hydrogen (secondary N) is 1. The Balaban J connectivity index is 1.69. The van der Waals surface area contributed by atoms with Crippen molar-refractivity contribution in [3.05, 3.63) is 54.2 Å². The van der Waals surface area contributed by atoms with Gasteiger partial charge in [0.15, 0.2) is 0 Å². The van der Waals surface area contributed by atoms with Gasteiger partial charge in [0.05, 0.1) is 10.5 Å². The lowest BCUT2D eigenvalue weighted by molar-refractivity contribution is 0.102. The first-order valence-electron chi connectivity index (χ1n) is 11.5. The monoisotopic (exact) mass is 468 g/mol. The predicted molar refractivity (Wildman–Crippen MR) is 134 cm³/mol. The Morgan fingerprint density at radius 1 is 1.03 bits per heavy atom. The van der Waals surface area contributed by atoms with E-state index in [9.17, 15) is 13.2 Å². The number of carbonyl (C=O) groups excluding carboxylic acids is 1. The van der Waals surface area contributed by atoms with Crippen LogP contribution in [0.2, 0.25) is 0 Å². The number of fused-ring (bicyclic) bond motifs is 1. The molecule has 0 bridgehead atoms. The Morgan fingerprint density at radius 2 is 1.79 bits per heavy atom. The highest BCUT2D eigenvalue weighted by Gasteiger charge is 2.24. The van der Waals surface area contributed by atoms with E-state index in [-0.39, 0.29) is 10.8 Å². The maximum atomic E-state index is 13.4. The molecule has 7 nitrogen and oxygen atoms in total. The fourth-order valence-electron chi connectivity index (χ4n) is 4.39. The van der Waals surface area contributed by atoms with Crippen LogP contribution in [0.1, 0.15) is 43.0 Å². The standard InChI is InChI=1S/C25H32N4O3S/c1-4-13-28-16-12-19-17-20(8-10-23(19)28)26-25(30)22-18-21(33(31,32)27(2)3)9-11-24(22)29-14-6-5-7-15-29/h8-12,16-18H,4-7,13-15H2,1-3H3,(H,26,30). The highest BCUT2D eigenvalue weighted by atomic mass is 32.2. The normalized spacial score (nSPS) is 14.7. The smallest absolute Gasteiger partial charge is 0.257 e. The van der Waals surface area contributed by atoms with Crippen LogP contribution in [0.15, 0.2) is 53.6 Å². The van der Waals surface area contributed by atoms with Crippen LogP contribution in [0.25, 0.3) is 10.9 Å². The summed E-state index contributed by atoms with van der Waals surface area (Å²) in [6, 6.07) is 12.8. The second kappa shape index (κ2) is 9.57. The molecule has 33 heavy (non-hydrogen) atoms. The molecular weight excluding hydrogens is 436 g/mol. The van der Waals surface area contributed by atoms with E-state index in [2.05, 4.69) is 27.9 Å². The van der Waals surface area contributed by atoms with Gasteiger partial charge < -0.3 is 14.8 Å². The summed E-state index contributed by atoms with van der Waals surface area (Å²) in [6.07, 6.45) is 6.40. The minimum absolute atomic E-state index is 0.116.